The number of carbonyl (C=O) groups is 3. The Kier molecular flexibility index (Phi) is 6.94. The fourth-order valence-corrected chi connectivity index (χ4v) is 4.55. The number of amides is 1. The molecule has 1 aliphatic carbocycles. The average Bonchev–Trinajstić information content (AvgIpc) is 3.32. The van der Waals surface area contributed by atoms with Crippen LogP contribution < -0.4 is 14.8 Å². The van der Waals surface area contributed by atoms with Crippen LogP contribution in [0, 0.1) is 0 Å². The summed E-state index contributed by atoms with van der Waals surface area (Å²) in [6.07, 6.45) is 2.62. The number of benzene rings is 1. The summed E-state index contributed by atoms with van der Waals surface area (Å²) in [6, 6.07) is 4.63. The number of nitrogens with one attached hydrogen (secondary N) is 1. The van der Waals surface area contributed by atoms with Gasteiger partial charge in [-0.25, -0.2) is 9.59 Å². The lowest BCUT2D eigenvalue weighted by Gasteiger charge is -2.11. The highest BCUT2D eigenvalue weighted by molar-refractivity contribution is 7.17. The van der Waals surface area contributed by atoms with Gasteiger partial charge in [-0.1, -0.05) is 0 Å². The first-order valence-electron chi connectivity index (χ1n) is 9.49. The van der Waals surface area contributed by atoms with Crippen LogP contribution >= 0.6 is 11.3 Å². The summed E-state index contributed by atoms with van der Waals surface area (Å²) < 4.78 is 20.6. The number of ether oxygens (including phenoxy) is 4. The lowest BCUT2D eigenvalue weighted by atomic mass is 10.1. The van der Waals surface area contributed by atoms with Gasteiger partial charge < -0.3 is 24.3 Å². The molecular formula is C21H23NO7S. The number of rotatable bonds is 8. The van der Waals surface area contributed by atoms with Crippen LogP contribution in [0.5, 0.6) is 11.5 Å². The molecule has 0 unspecified atom stereocenters. The van der Waals surface area contributed by atoms with Gasteiger partial charge in [-0.15, -0.1) is 11.3 Å². The van der Waals surface area contributed by atoms with Gasteiger partial charge in [0.15, 0.2) is 18.1 Å². The Labute approximate surface area is 178 Å². The van der Waals surface area contributed by atoms with Gasteiger partial charge in [-0.3, -0.25) is 4.79 Å². The van der Waals surface area contributed by atoms with Gasteiger partial charge in [0.1, 0.15) is 5.00 Å². The van der Waals surface area contributed by atoms with Crippen molar-refractivity contribution in [3.05, 3.63) is 39.8 Å². The topological polar surface area (TPSA) is 100 Å². The standard InChI is InChI=1S/C21H23NO7S/c1-4-28-14-9-8-12(10-15(14)26-2)20(24)29-11-17(23)22-19-18(21(25)27-3)13-6-5-7-16(13)30-19/h8-10H,4-7,11H2,1-3H3,(H,22,23). The SMILES string of the molecule is CCOc1ccc(C(=O)OCC(=O)Nc2sc3c(c2C(=O)OC)CCC3)cc1OC. The number of methoxy groups -OCH3 is 2. The minimum absolute atomic E-state index is 0.230. The minimum atomic E-state index is -0.673. The Balaban J connectivity index is 1.64. The highest BCUT2D eigenvalue weighted by Gasteiger charge is 2.28. The molecule has 9 heteroatoms. The maximum absolute atomic E-state index is 12.3. The van der Waals surface area contributed by atoms with Crippen LogP contribution in [0.4, 0.5) is 5.00 Å². The zero-order chi connectivity index (χ0) is 21.7. The van der Waals surface area contributed by atoms with Gasteiger partial charge in [-0.2, -0.15) is 0 Å². The van der Waals surface area contributed by atoms with Gasteiger partial charge in [0.2, 0.25) is 0 Å². The van der Waals surface area contributed by atoms with Crippen molar-refractivity contribution in [2.24, 2.45) is 0 Å². The number of thiophene rings is 1. The van der Waals surface area contributed by atoms with E-state index < -0.39 is 24.5 Å². The van der Waals surface area contributed by atoms with Crippen LogP contribution in [0.3, 0.4) is 0 Å². The second-order valence-corrected chi connectivity index (χ2v) is 7.58. The molecular weight excluding hydrogens is 410 g/mol. The van der Waals surface area contributed by atoms with Crippen molar-refractivity contribution in [1.29, 1.82) is 0 Å². The molecule has 160 valence electrons. The Hall–Kier alpha value is -3.07. The molecule has 0 spiro atoms. The number of aryl methyl sites for hydroxylation is 1. The predicted molar refractivity (Wildman–Crippen MR) is 111 cm³/mol. The van der Waals surface area contributed by atoms with E-state index in [1.165, 1.54) is 37.7 Å². The Bertz CT molecular complexity index is 967. The van der Waals surface area contributed by atoms with E-state index in [1.54, 1.807) is 6.07 Å². The molecule has 0 aliphatic heterocycles. The maximum Gasteiger partial charge on any atom is 0.341 e. The molecule has 2 aromatic rings. The molecule has 1 aromatic carbocycles. The van der Waals surface area contributed by atoms with Crippen molar-refractivity contribution in [1.82, 2.24) is 0 Å². The normalized spacial score (nSPS) is 12.1. The average molecular weight is 433 g/mol. The highest BCUT2D eigenvalue weighted by atomic mass is 32.1. The summed E-state index contributed by atoms with van der Waals surface area (Å²) in [5.41, 5.74) is 1.56. The van der Waals surface area contributed by atoms with E-state index in [2.05, 4.69) is 5.32 Å². The highest BCUT2D eigenvalue weighted by Crippen LogP contribution is 2.39. The molecule has 1 aromatic heterocycles. The van der Waals surface area contributed by atoms with E-state index in [1.807, 2.05) is 6.92 Å². The number of hydrogen-bond acceptors (Lipinski definition) is 8. The molecule has 0 radical (unpaired) electrons. The first-order valence-corrected chi connectivity index (χ1v) is 10.3. The van der Waals surface area contributed by atoms with Crippen LogP contribution in [0.25, 0.3) is 0 Å². The molecule has 1 amide bonds. The summed E-state index contributed by atoms with van der Waals surface area (Å²) >= 11 is 1.36. The zero-order valence-electron chi connectivity index (χ0n) is 17.0. The van der Waals surface area contributed by atoms with E-state index in [-0.39, 0.29) is 5.56 Å². The van der Waals surface area contributed by atoms with E-state index >= 15 is 0 Å². The maximum atomic E-state index is 12.3. The van der Waals surface area contributed by atoms with Crippen LogP contribution in [-0.4, -0.2) is 45.3 Å². The molecule has 0 atom stereocenters. The third kappa shape index (κ3) is 4.56. The van der Waals surface area contributed by atoms with Crippen molar-refractivity contribution in [2.75, 3.05) is 32.8 Å². The number of anilines is 1. The van der Waals surface area contributed by atoms with Crippen LogP contribution in [0.15, 0.2) is 18.2 Å². The fourth-order valence-electron chi connectivity index (χ4n) is 3.26. The number of carbonyl (C=O) groups excluding carboxylic acids is 3. The molecule has 0 saturated carbocycles. The molecule has 8 nitrogen and oxygen atoms in total. The van der Waals surface area contributed by atoms with Crippen molar-refractivity contribution >= 4 is 34.2 Å². The molecule has 0 fully saturated rings. The summed E-state index contributed by atoms with van der Waals surface area (Å²) in [5.74, 6) is -0.787. The number of esters is 2. The molecule has 30 heavy (non-hydrogen) atoms. The Morgan fingerprint density at radius 3 is 2.60 bits per heavy atom. The molecule has 0 bridgehead atoms. The van der Waals surface area contributed by atoms with E-state index in [9.17, 15) is 14.4 Å². The van der Waals surface area contributed by atoms with Crippen molar-refractivity contribution in [2.45, 2.75) is 26.2 Å². The monoisotopic (exact) mass is 433 g/mol. The third-order valence-electron chi connectivity index (χ3n) is 4.60. The number of fused-ring (bicyclic) bond motifs is 1. The summed E-state index contributed by atoms with van der Waals surface area (Å²) in [6.45, 7) is 1.81. The number of hydrogen-bond donors (Lipinski definition) is 1. The predicted octanol–water partition coefficient (Wildman–Crippen LogP) is 3.23. The summed E-state index contributed by atoms with van der Waals surface area (Å²) in [5, 5.41) is 3.09. The third-order valence-corrected chi connectivity index (χ3v) is 5.80. The Morgan fingerprint density at radius 1 is 1.10 bits per heavy atom. The van der Waals surface area contributed by atoms with Crippen LogP contribution in [0.1, 0.15) is 44.5 Å². The molecule has 1 N–H and O–H groups in total. The molecule has 1 heterocycles. The minimum Gasteiger partial charge on any atom is -0.493 e. The van der Waals surface area contributed by atoms with E-state index in [0.29, 0.717) is 28.7 Å². The smallest absolute Gasteiger partial charge is 0.341 e. The van der Waals surface area contributed by atoms with Gasteiger partial charge in [0.05, 0.1) is 32.0 Å². The fraction of sp³-hybridized carbons (Fsp3) is 0.381. The zero-order valence-corrected chi connectivity index (χ0v) is 17.9. The van der Waals surface area contributed by atoms with Crippen LogP contribution in [-0.2, 0) is 27.1 Å². The second kappa shape index (κ2) is 9.62. The van der Waals surface area contributed by atoms with Crippen LogP contribution in [0.2, 0.25) is 0 Å². The van der Waals surface area contributed by atoms with Crippen molar-refractivity contribution < 1.29 is 33.3 Å². The summed E-state index contributed by atoms with van der Waals surface area (Å²) in [7, 11) is 2.78. The molecule has 0 saturated heterocycles. The lowest BCUT2D eigenvalue weighted by molar-refractivity contribution is -0.119. The van der Waals surface area contributed by atoms with E-state index in [0.717, 1.165) is 29.7 Å². The summed E-state index contributed by atoms with van der Waals surface area (Å²) in [4.78, 5) is 37.8. The lowest BCUT2D eigenvalue weighted by Crippen LogP contribution is -2.21. The van der Waals surface area contributed by atoms with Gasteiger partial charge >= 0.3 is 11.9 Å². The van der Waals surface area contributed by atoms with Crippen molar-refractivity contribution in [3.63, 3.8) is 0 Å². The molecule has 1 aliphatic rings. The molecule has 3 rings (SSSR count). The van der Waals surface area contributed by atoms with Gasteiger partial charge in [0, 0.05) is 4.88 Å². The first-order chi connectivity index (χ1) is 14.5. The van der Waals surface area contributed by atoms with Crippen molar-refractivity contribution in [3.8, 4) is 11.5 Å². The van der Waals surface area contributed by atoms with Gasteiger partial charge in [0.25, 0.3) is 5.91 Å². The largest absolute Gasteiger partial charge is 0.493 e. The quantitative estimate of drug-likeness (QED) is 0.638. The second-order valence-electron chi connectivity index (χ2n) is 6.48. The van der Waals surface area contributed by atoms with E-state index in [4.69, 9.17) is 18.9 Å². The van der Waals surface area contributed by atoms with Gasteiger partial charge in [-0.05, 0) is 49.9 Å². The Morgan fingerprint density at radius 2 is 1.90 bits per heavy atom. The first kappa shape index (κ1) is 21.6.